The molecule has 0 aliphatic heterocycles. The number of hydrogen-bond acceptors (Lipinski definition) is 5. The molecule has 0 spiro atoms. The minimum absolute atomic E-state index is 0.259. The molecule has 1 aromatic rings. The van der Waals surface area contributed by atoms with Gasteiger partial charge in [-0.2, -0.15) is 0 Å². The highest BCUT2D eigenvalue weighted by molar-refractivity contribution is 5.32. The Balaban J connectivity index is 2.27. The molecule has 0 aliphatic carbocycles. The lowest BCUT2D eigenvalue weighted by molar-refractivity contribution is 0.103. The maximum Gasteiger partial charge on any atom is 0.123 e. The lowest BCUT2D eigenvalue weighted by Gasteiger charge is -2.20. The van der Waals surface area contributed by atoms with Crippen molar-refractivity contribution in [3.63, 3.8) is 0 Å². The smallest absolute Gasteiger partial charge is 0.123 e. The van der Waals surface area contributed by atoms with E-state index in [1.54, 1.807) is 13.2 Å². The van der Waals surface area contributed by atoms with Gasteiger partial charge in [-0.15, -0.1) is 0 Å². The molecule has 0 aromatic heterocycles. The normalized spacial score (nSPS) is 14.1. The Kier molecular flexibility index (Phi) is 7.36. The van der Waals surface area contributed by atoms with Gasteiger partial charge in [0, 0.05) is 25.2 Å². The van der Waals surface area contributed by atoms with Crippen LogP contribution >= 0.6 is 0 Å². The van der Waals surface area contributed by atoms with Crippen molar-refractivity contribution < 1.29 is 14.6 Å². The number of nitrogens with zero attached hydrogens (tertiary/aromatic N) is 1. The van der Waals surface area contributed by atoms with Gasteiger partial charge in [-0.3, -0.25) is 0 Å². The summed E-state index contributed by atoms with van der Waals surface area (Å²) >= 11 is 0. The van der Waals surface area contributed by atoms with E-state index in [1.165, 1.54) is 0 Å². The molecule has 1 rings (SSSR count). The molecule has 2 N–H and O–H groups in total. The summed E-state index contributed by atoms with van der Waals surface area (Å²) in [5.74, 6) is 1.44. The summed E-state index contributed by atoms with van der Waals surface area (Å²) in [5.41, 5.74) is 0. The van der Waals surface area contributed by atoms with Gasteiger partial charge in [0.1, 0.15) is 24.2 Å². The molecule has 0 aliphatic rings. The van der Waals surface area contributed by atoms with Gasteiger partial charge < -0.3 is 24.8 Å². The van der Waals surface area contributed by atoms with Gasteiger partial charge >= 0.3 is 0 Å². The SMILES string of the molecule is COc1cccc(OCC(O)CNC(C)CN(C)C)c1. The summed E-state index contributed by atoms with van der Waals surface area (Å²) in [6, 6.07) is 7.69. The van der Waals surface area contributed by atoms with Crippen molar-refractivity contribution in [3.8, 4) is 11.5 Å². The Morgan fingerprint density at radius 2 is 2.00 bits per heavy atom. The van der Waals surface area contributed by atoms with Crippen LogP contribution in [0.25, 0.3) is 0 Å². The van der Waals surface area contributed by atoms with E-state index in [1.807, 2.05) is 32.3 Å². The average molecular weight is 282 g/mol. The zero-order valence-electron chi connectivity index (χ0n) is 12.8. The van der Waals surface area contributed by atoms with Crippen LogP contribution in [0.1, 0.15) is 6.92 Å². The second kappa shape index (κ2) is 8.79. The van der Waals surface area contributed by atoms with E-state index in [-0.39, 0.29) is 6.61 Å². The maximum atomic E-state index is 9.89. The third-order valence-electron chi connectivity index (χ3n) is 2.82. The van der Waals surface area contributed by atoms with Crippen molar-refractivity contribution in [2.45, 2.75) is 19.1 Å². The van der Waals surface area contributed by atoms with Crippen LogP contribution < -0.4 is 14.8 Å². The van der Waals surface area contributed by atoms with Crippen LogP contribution in [-0.4, -0.2) is 63.1 Å². The van der Waals surface area contributed by atoms with Crippen molar-refractivity contribution in [2.24, 2.45) is 0 Å². The van der Waals surface area contributed by atoms with Crippen molar-refractivity contribution in [1.29, 1.82) is 0 Å². The Labute approximate surface area is 121 Å². The van der Waals surface area contributed by atoms with Gasteiger partial charge in [0.2, 0.25) is 0 Å². The number of nitrogens with one attached hydrogen (secondary N) is 1. The van der Waals surface area contributed by atoms with Crippen LogP contribution in [0.2, 0.25) is 0 Å². The number of methoxy groups -OCH3 is 1. The Morgan fingerprint density at radius 1 is 1.30 bits per heavy atom. The largest absolute Gasteiger partial charge is 0.497 e. The number of hydrogen-bond donors (Lipinski definition) is 2. The van der Waals surface area contributed by atoms with Crippen molar-refractivity contribution in [3.05, 3.63) is 24.3 Å². The number of aliphatic hydroxyl groups excluding tert-OH is 1. The molecular weight excluding hydrogens is 256 g/mol. The molecule has 0 saturated carbocycles. The topological polar surface area (TPSA) is 54.0 Å². The molecule has 0 bridgehead atoms. The first-order valence-corrected chi connectivity index (χ1v) is 6.84. The third kappa shape index (κ3) is 6.75. The van der Waals surface area contributed by atoms with Crippen molar-refractivity contribution in [1.82, 2.24) is 10.2 Å². The van der Waals surface area contributed by atoms with E-state index in [4.69, 9.17) is 9.47 Å². The average Bonchev–Trinajstić information content (AvgIpc) is 2.42. The van der Waals surface area contributed by atoms with E-state index in [0.717, 1.165) is 12.3 Å². The molecule has 5 heteroatoms. The van der Waals surface area contributed by atoms with Crippen molar-refractivity contribution in [2.75, 3.05) is 40.9 Å². The molecule has 0 fully saturated rings. The Bertz CT molecular complexity index is 385. The second-order valence-corrected chi connectivity index (χ2v) is 5.22. The monoisotopic (exact) mass is 282 g/mol. The number of aliphatic hydroxyl groups is 1. The first kappa shape index (κ1) is 16.8. The zero-order valence-corrected chi connectivity index (χ0v) is 12.8. The Morgan fingerprint density at radius 3 is 2.65 bits per heavy atom. The summed E-state index contributed by atoms with van der Waals surface area (Å²) in [6.07, 6.45) is -0.536. The van der Waals surface area contributed by atoms with Gasteiger partial charge in [0.05, 0.1) is 7.11 Å². The fraction of sp³-hybridized carbons (Fsp3) is 0.600. The summed E-state index contributed by atoms with van der Waals surface area (Å²) in [4.78, 5) is 2.11. The fourth-order valence-electron chi connectivity index (χ4n) is 1.89. The molecular formula is C15H26N2O3. The molecule has 0 saturated heterocycles. The zero-order chi connectivity index (χ0) is 15.0. The third-order valence-corrected chi connectivity index (χ3v) is 2.82. The molecule has 20 heavy (non-hydrogen) atoms. The quantitative estimate of drug-likeness (QED) is 0.707. The van der Waals surface area contributed by atoms with E-state index >= 15 is 0 Å². The predicted molar refractivity (Wildman–Crippen MR) is 80.5 cm³/mol. The summed E-state index contributed by atoms with van der Waals surface area (Å²) in [5, 5.41) is 13.2. The van der Waals surface area contributed by atoms with Gasteiger partial charge in [-0.1, -0.05) is 6.07 Å². The lowest BCUT2D eigenvalue weighted by atomic mass is 10.3. The highest BCUT2D eigenvalue weighted by atomic mass is 16.5. The van der Waals surface area contributed by atoms with Gasteiger partial charge in [0.15, 0.2) is 0 Å². The molecule has 5 nitrogen and oxygen atoms in total. The number of benzene rings is 1. The minimum atomic E-state index is -0.536. The van der Waals surface area contributed by atoms with E-state index in [0.29, 0.717) is 18.3 Å². The van der Waals surface area contributed by atoms with Gasteiger partial charge in [-0.25, -0.2) is 0 Å². The molecule has 0 amide bonds. The molecule has 2 atom stereocenters. The highest BCUT2D eigenvalue weighted by Gasteiger charge is 2.09. The molecule has 114 valence electrons. The van der Waals surface area contributed by atoms with Crippen LogP contribution in [0.3, 0.4) is 0 Å². The molecule has 2 unspecified atom stereocenters. The second-order valence-electron chi connectivity index (χ2n) is 5.22. The summed E-state index contributed by atoms with van der Waals surface area (Å²) < 4.78 is 10.7. The number of rotatable bonds is 9. The Hall–Kier alpha value is -1.30. The fourth-order valence-corrected chi connectivity index (χ4v) is 1.89. The van der Waals surface area contributed by atoms with Gasteiger partial charge in [-0.05, 0) is 33.2 Å². The van der Waals surface area contributed by atoms with Gasteiger partial charge in [0.25, 0.3) is 0 Å². The first-order valence-electron chi connectivity index (χ1n) is 6.84. The van der Waals surface area contributed by atoms with Crippen LogP contribution in [0, 0.1) is 0 Å². The molecule has 0 radical (unpaired) electrons. The van der Waals surface area contributed by atoms with Crippen LogP contribution in [0.5, 0.6) is 11.5 Å². The number of likely N-dealkylation sites (N-methyl/N-ethyl adjacent to an activating group) is 1. The summed E-state index contributed by atoms with van der Waals surface area (Å²) in [7, 11) is 5.67. The van der Waals surface area contributed by atoms with Crippen molar-refractivity contribution >= 4 is 0 Å². The van der Waals surface area contributed by atoms with E-state index in [2.05, 4.69) is 17.1 Å². The summed E-state index contributed by atoms with van der Waals surface area (Å²) in [6.45, 7) is 3.80. The first-order chi connectivity index (χ1) is 9.51. The number of ether oxygens (including phenoxy) is 2. The highest BCUT2D eigenvalue weighted by Crippen LogP contribution is 2.18. The standard InChI is InChI=1S/C15H26N2O3/c1-12(10-17(2)3)16-9-13(18)11-20-15-7-5-6-14(8-15)19-4/h5-8,12-13,16,18H,9-11H2,1-4H3. The van der Waals surface area contributed by atoms with Crippen LogP contribution in [0.15, 0.2) is 24.3 Å². The predicted octanol–water partition coefficient (Wildman–Crippen LogP) is 0.975. The van der Waals surface area contributed by atoms with Crippen LogP contribution in [0.4, 0.5) is 0 Å². The molecule has 0 heterocycles. The maximum absolute atomic E-state index is 9.89. The molecule has 1 aromatic carbocycles. The lowest BCUT2D eigenvalue weighted by Crippen LogP contribution is -2.41. The van der Waals surface area contributed by atoms with E-state index < -0.39 is 6.10 Å². The van der Waals surface area contributed by atoms with E-state index in [9.17, 15) is 5.11 Å². The minimum Gasteiger partial charge on any atom is -0.497 e. The van der Waals surface area contributed by atoms with Crippen LogP contribution in [-0.2, 0) is 0 Å².